The summed E-state index contributed by atoms with van der Waals surface area (Å²) in [5, 5.41) is 0.914. The van der Waals surface area contributed by atoms with Gasteiger partial charge in [-0.3, -0.25) is 0 Å². The fourth-order valence-corrected chi connectivity index (χ4v) is 1.72. The Morgan fingerprint density at radius 3 is 2.39 bits per heavy atom. The molecule has 3 nitrogen and oxygen atoms in total. The summed E-state index contributed by atoms with van der Waals surface area (Å²) in [5.74, 6) is 1.69. The van der Waals surface area contributed by atoms with Crippen LogP contribution >= 0.6 is 23.2 Å². The van der Waals surface area contributed by atoms with Crippen LogP contribution in [0.25, 0.3) is 0 Å². The molecular formula is C13H11Cl2NO2. The lowest BCUT2D eigenvalue weighted by molar-refractivity contribution is 0.379. The molecule has 0 atom stereocenters. The predicted molar refractivity (Wildman–Crippen MR) is 73.9 cm³/mol. The number of benzene rings is 2. The lowest BCUT2D eigenvalue weighted by Gasteiger charge is -2.11. The quantitative estimate of drug-likeness (QED) is 0.851. The van der Waals surface area contributed by atoms with Crippen molar-refractivity contribution in [1.29, 1.82) is 0 Å². The summed E-state index contributed by atoms with van der Waals surface area (Å²) in [6.45, 7) is 0. The molecule has 0 amide bonds. The van der Waals surface area contributed by atoms with E-state index in [1.807, 2.05) is 0 Å². The molecule has 0 radical (unpaired) electrons. The van der Waals surface area contributed by atoms with E-state index in [9.17, 15) is 0 Å². The first-order valence-corrected chi connectivity index (χ1v) is 5.92. The van der Waals surface area contributed by atoms with Gasteiger partial charge >= 0.3 is 0 Å². The third-order valence-electron chi connectivity index (χ3n) is 2.31. The van der Waals surface area contributed by atoms with Crippen molar-refractivity contribution >= 4 is 28.9 Å². The molecule has 2 aromatic rings. The van der Waals surface area contributed by atoms with Crippen LogP contribution in [0.1, 0.15) is 0 Å². The molecule has 18 heavy (non-hydrogen) atoms. The minimum atomic E-state index is 0.434. The Labute approximate surface area is 115 Å². The predicted octanol–water partition coefficient (Wildman–Crippen LogP) is 4.38. The van der Waals surface area contributed by atoms with Crippen molar-refractivity contribution in [3.63, 3.8) is 0 Å². The molecule has 0 aliphatic rings. The zero-order chi connectivity index (χ0) is 13.1. The number of methoxy groups -OCH3 is 1. The van der Waals surface area contributed by atoms with E-state index in [4.69, 9.17) is 38.4 Å². The van der Waals surface area contributed by atoms with E-state index in [1.54, 1.807) is 43.5 Å². The summed E-state index contributed by atoms with van der Waals surface area (Å²) in [5.41, 5.74) is 6.27. The van der Waals surface area contributed by atoms with Crippen molar-refractivity contribution in [2.45, 2.75) is 0 Å². The van der Waals surface area contributed by atoms with Crippen LogP contribution in [0.3, 0.4) is 0 Å². The molecule has 0 heterocycles. The molecule has 0 aliphatic carbocycles. The highest BCUT2D eigenvalue weighted by atomic mass is 35.5. The molecule has 0 aromatic heterocycles. The molecule has 2 aromatic carbocycles. The van der Waals surface area contributed by atoms with Gasteiger partial charge in [-0.15, -0.1) is 0 Å². The minimum absolute atomic E-state index is 0.434. The lowest BCUT2D eigenvalue weighted by atomic mass is 10.3. The van der Waals surface area contributed by atoms with Crippen molar-refractivity contribution < 1.29 is 9.47 Å². The molecule has 0 saturated heterocycles. The smallest absolute Gasteiger partial charge is 0.169 e. The zero-order valence-electron chi connectivity index (χ0n) is 9.61. The summed E-state index contributed by atoms with van der Waals surface area (Å²) in [6, 6.07) is 10.2. The highest BCUT2D eigenvalue weighted by molar-refractivity contribution is 6.42. The zero-order valence-corrected chi connectivity index (χ0v) is 11.1. The molecule has 5 heteroatoms. The van der Waals surface area contributed by atoms with Crippen molar-refractivity contribution in [3.8, 4) is 17.2 Å². The van der Waals surface area contributed by atoms with Gasteiger partial charge in [0.25, 0.3) is 0 Å². The van der Waals surface area contributed by atoms with Gasteiger partial charge in [0.2, 0.25) is 0 Å². The number of nitrogen functional groups attached to an aromatic ring is 1. The van der Waals surface area contributed by atoms with Gasteiger partial charge in [0, 0.05) is 17.8 Å². The SMILES string of the molecule is COc1cc(N)ccc1Oc1ccc(Cl)c(Cl)c1. The average Bonchev–Trinajstić information content (AvgIpc) is 2.36. The molecule has 2 rings (SSSR count). The normalized spacial score (nSPS) is 10.2. The van der Waals surface area contributed by atoms with Crippen LogP contribution in [-0.2, 0) is 0 Å². The van der Waals surface area contributed by atoms with Crippen molar-refractivity contribution in [3.05, 3.63) is 46.4 Å². The Morgan fingerprint density at radius 1 is 0.944 bits per heavy atom. The summed E-state index contributed by atoms with van der Waals surface area (Å²) < 4.78 is 10.9. The minimum Gasteiger partial charge on any atom is -0.493 e. The number of anilines is 1. The Kier molecular flexibility index (Phi) is 3.84. The summed E-state index contributed by atoms with van der Waals surface area (Å²) in [7, 11) is 1.55. The monoisotopic (exact) mass is 283 g/mol. The van der Waals surface area contributed by atoms with Crippen LogP contribution in [0.4, 0.5) is 5.69 Å². The van der Waals surface area contributed by atoms with E-state index in [0.717, 1.165) is 0 Å². The number of ether oxygens (including phenoxy) is 2. The topological polar surface area (TPSA) is 44.5 Å². The Bertz CT molecular complexity index is 573. The first kappa shape index (κ1) is 12.9. The second-order valence-corrected chi connectivity index (χ2v) is 4.40. The van der Waals surface area contributed by atoms with Crippen LogP contribution in [-0.4, -0.2) is 7.11 Å². The van der Waals surface area contributed by atoms with Gasteiger partial charge in [0.15, 0.2) is 11.5 Å². The molecule has 0 saturated carbocycles. The summed E-state index contributed by atoms with van der Waals surface area (Å²) in [4.78, 5) is 0. The van der Waals surface area contributed by atoms with E-state index in [1.165, 1.54) is 0 Å². The van der Waals surface area contributed by atoms with E-state index in [-0.39, 0.29) is 0 Å². The van der Waals surface area contributed by atoms with E-state index in [2.05, 4.69) is 0 Å². The van der Waals surface area contributed by atoms with Gasteiger partial charge in [-0.25, -0.2) is 0 Å². The Morgan fingerprint density at radius 2 is 1.72 bits per heavy atom. The largest absolute Gasteiger partial charge is 0.493 e. The van der Waals surface area contributed by atoms with Crippen LogP contribution in [0.15, 0.2) is 36.4 Å². The average molecular weight is 284 g/mol. The first-order chi connectivity index (χ1) is 8.60. The van der Waals surface area contributed by atoms with E-state index in [0.29, 0.717) is 33.0 Å². The molecule has 0 unspecified atom stereocenters. The standard InChI is InChI=1S/C13H11Cl2NO2/c1-17-13-6-8(16)2-5-12(13)18-9-3-4-10(14)11(15)7-9/h2-7H,16H2,1H3. The van der Waals surface area contributed by atoms with Gasteiger partial charge in [-0.2, -0.15) is 0 Å². The van der Waals surface area contributed by atoms with E-state index < -0.39 is 0 Å². The van der Waals surface area contributed by atoms with Crippen molar-refractivity contribution in [1.82, 2.24) is 0 Å². The van der Waals surface area contributed by atoms with Crippen molar-refractivity contribution in [2.75, 3.05) is 12.8 Å². The van der Waals surface area contributed by atoms with Crippen molar-refractivity contribution in [2.24, 2.45) is 0 Å². The number of rotatable bonds is 3. The molecule has 0 bridgehead atoms. The Hall–Kier alpha value is -1.58. The molecule has 2 N–H and O–H groups in total. The van der Waals surface area contributed by atoms with Gasteiger partial charge < -0.3 is 15.2 Å². The third-order valence-corrected chi connectivity index (χ3v) is 3.05. The number of hydrogen-bond acceptors (Lipinski definition) is 3. The molecular weight excluding hydrogens is 273 g/mol. The molecule has 94 valence electrons. The highest BCUT2D eigenvalue weighted by Gasteiger charge is 2.07. The van der Waals surface area contributed by atoms with Gasteiger partial charge in [0.05, 0.1) is 17.2 Å². The van der Waals surface area contributed by atoms with Crippen LogP contribution in [0.2, 0.25) is 10.0 Å². The van der Waals surface area contributed by atoms with Gasteiger partial charge in [-0.05, 0) is 24.3 Å². The molecule has 0 fully saturated rings. The fraction of sp³-hybridized carbons (Fsp3) is 0.0769. The number of nitrogens with two attached hydrogens (primary N) is 1. The maximum absolute atomic E-state index is 5.92. The highest BCUT2D eigenvalue weighted by Crippen LogP contribution is 2.35. The molecule has 0 aliphatic heterocycles. The number of halogens is 2. The van der Waals surface area contributed by atoms with Gasteiger partial charge in [-0.1, -0.05) is 23.2 Å². The second-order valence-electron chi connectivity index (χ2n) is 3.59. The first-order valence-electron chi connectivity index (χ1n) is 5.16. The van der Waals surface area contributed by atoms with Crippen LogP contribution in [0, 0.1) is 0 Å². The lowest BCUT2D eigenvalue weighted by Crippen LogP contribution is -1.92. The van der Waals surface area contributed by atoms with Crippen LogP contribution < -0.4 is 15.2 Å². The second kappa shape index (κ2) is 5.38. The maximum atomic E-state index is 5.92. The van der Waals surface area contributed by atoms with Crippen LogP contribution in [0.5, 0.6) is 17.2 Å². The summed E-state index contributed by atoms with van der Waals surface area (Å²) >= 11 is 11.8. The molecule has 0 spiro atoms. The summed E-state index contributed by atoms with van der Waals surface area (Å²) in [6.07, 6.45) is 0. The fourth-order valence-electron chi connectivity index (χ4n) is 1.44. The van der Waals surface area contributed by atoms with E-state index >= 15 is 0 Å². The Balaban J connectivity index is 2.30. The van der Waals surface area contributed by atoms with Gasteiger partial charge in [0.1, 0.15) is 5.75 Å². The number of hydrogen-bond donors (Lipinski definition) is 1. The maximum Gasteiger partial charge on any atom is 0.169 e. The third kappa shape index (κ3) is 2.81.